The van der Waals surface area contributed by atoms with Crippen LogP contribution in [-0.4, -0.2) is 20.7 Å². The summed E-state index contributed by atoms with van der Waals surface area (Å²) in [6, 6.07) is 7.95. The highest BCUT2D eigenvalue weighted by atomic mass is 16.1. The summed E-state index contributed by atoms with van der Waals surface area (Å²) in [5.74, 6) is -0.130. The normalized spacial score (nSPS) is 11.2. The van der Waals surface area contributed by atoms with Crippen LogP contribution in [0.25, 0.3) is 11.0 Å². The van der Waals surface area contributed by atoms with Gasteiger partial charge in [-0.1, -0.05) is 17.2 Å². The predicted molar refractivity (Wildman–Crippen MR) is 91.8 cm³/mol. The van der Waals surface area contributed by atoms with Gasteiger partial charge in [0, 0.05) is 17.0 Å². The van der Waals surface area contributed by atoms with Crippen LogP contribution in [0.4, 0.5) is 5.69 Å². The van der Waals surface area contributed by atoms with Crippen LogP contribution in [0, 0.1) is 13.8 Å². The fourth-order valence-electron chi connectivity index (χ4n) is 2.70. The first-order valence-electron chi connectivity index (χ1n) is 7.67. The second-order valence-electron chi connectivity index (χ2n) is 6.15. The number of nitrogens with one attached hydrogen (secondary N) is 1. The van der Waals surface area contributed by atoms with Crippen molar-refractivity contribution < 1.29 is 4.79 Å². The van der Waals surface area contributed by atoms with Crippen LogP contribution in [0.5, 0.6) is 0 Å². The third-order valence-corrected chi connectivity index (χ3v) is 3.66. The van der Waals surface area contributed by atoms with E-state index in [9.17, 15) is 4.79 Å². The molecule has 2 heterocycles. The number of rotatable bonds is 3. The van der Waals surface area contributed by atoms with Gasteiger partial charge < -0.3 is 5.32 Å². The third-order valence-electron chi connectivity index (χ3n) is 3.66. The molecule has 23 heavy (non-hydrogen) atoms. The van der Waals surface area contributed by atoms with Crippen molar-refractivity contribution >= 4 is 22.6 Å². The molecule has 0 aliphatic rings. The molecular weight excluding hydrogens is 288 g/mol. The molecule has 0 spiro atoms. The molecule has 0 aliphatic heterocycles. The summed E-state index contributed by atoms with van der Waals surface area (Å²) in [6.07, 6.45) is 3.44. The second kappa shape index (κ2) is 5.83. The van der Waals surface area contributed by atoms with Gasteiger partial charge in [0.25, 0.3) is 5.91 Å². The third kappa shape index (κ3) is 3.08. The Morgan fingerprint density at radius 2 is 1.78 bits per heavy atom. The van der Waals surface area contributed by atoms with E-state index in [0.717, 1.165) is 22.2 Å². The molecule has 5 heteroatoms. The first kappa shape index (κ1) is 15.2. The van der Waals surface area contributed by atoms with E-state index in [-0.39, 0.29) is 11.9 Å². The summed E-state index contributed by atoms with van der Waals surface area (Å²) in [5, 5.41) is 8.16. The molecular formula is C18H20N4O. The van der Waals surface area contributed by atoms with Crippen molar-refractivity contribution in [3.63, 3.8) is 0 Å². The molecule has 1 amide bonds. The van der Waals surface area contributed by atoms with E-state index in [4.69, 9.17) is 0 Å². The Morgan fingerprint density at radius 3 is 2.43 bits per heavy atom. The van der Waals surface area contributed by atoms with Crippen molar-refractivity contribution in [2.45, 2.75) is 33.7 Å². The maximum Gasteiger partial charge on any atom is 0.255 e. The maximum absolute atomic E-state index is 12.4. The zero-order valence-electron chi connectivity index (χ0n) is 13.8. The highest BCUT2D eigenvalue weighted by molar-refractivity contribution is 6.05. The van der Waals surface area contributed by atoms with Gasteiger partial charge in [-0.25, -0.2) is 9.67 Å². The lowest BCUT2D eigenvalue weighted by Crippen LogP contribution is -2.12. The number of hydrogen-bond acceptors (Lipinski definition) is 3. The molecule has 1 aromatic carbocycles. The molecule has 0 fully saturated rings. The van der Waals surface area contributed by atoms with Gasteiger partial charge in [0.05, 0.1) is 18.1 Å². The van der Waals surface area contributed by atoms with Gasteiger partial charge in [-0.3, -0.25) is 4.79 Å². The summed E-state index contributed by atoms with van der Waals surface area (Å²) in [5.41, 5.74) is 4.29. The summed E-state index contributed by atoms with van der Waals surface area (Å²) in [7, 11) is 0. The fourth-order valence-corrected chi connectivity index (χ4v) is 2.70. The number of amides is 1. The van der Waals surface area contributed by atoms with Crippen molar-refractivity contribution in [3.05, 3.63) is 53.3 Å². The Bertz CT molecular complexity index is 860. The number of fused-ring (bicyclic) bond motifs is 1. The molecule has 2 aromatic heterocycles. The van der Waals surface area contributed by atoms with E-state index in [0.29, 0.717) is 11.3 Å². The Labute approximate surface area is 135 Å². The van der Waals surface area contributed by atoms with Crippen LogP contribution in [0.3, 0.4) is 0 Å². The smallest absolute Gasteiger partial charge is 0.255 e. The molecule has 3 aromatic rings. The average Bonchev–Trinajstić information content (AvgIpc) is 2.89. The van der Waals surface area contributed by atoms with Crippen molar-refractivity contribution in [2.75, 3.05) is 5.32 Å². The van der Waals surface area contributed by atoms with Gasteiger partial charge in [0.2, 0.25) is 0 Å². The lowest BCUT2D eigenvalue weighted by molar-refractivity contribution is 0.102. The fraction of sp³-hybridized carbons (Fsp3) is 0.278. The molecule has 3 rings (SSSR count). The molecule has 0 radical (unpaired) electrons. The van der Waals surface area contributed by atoms with Crippen LogP contribution in [0.15, 0.2) is 36.7 Å². The van der Waals surface area contributed by atoms with Gasteiger partial charge in [-0.2, -0.15) is 5.10 Å². The first-order chi connectivity index (χ1) is 10.9. The number of benzene rings is 1. The zero-order valence-corrected chi connectivity index (χ0v) is 13.8. The summed E-state index contributed by atoms with van der Waals surface area (Å²) in [4.78, 5) is 16.8. The van der Waals surface area contributed by atoms with Crippen molar-refractivity contribution in [1.29, 1.82) is 0 Å². The van der Waals surface area contributed by atoms with Gasteiger partial charge in [-0.05, 0) is 45.9 Å². The number of aromatic nitrogens is 3. The summed E-state index contributed by atoms with van der Waals surface area (Å²) < 4.78 is 1.87. The molecule has 0 atom stereocenters. The zero-order chi connectivity index (χ0) is 16.6. The SMILES string of the molecule is Cc1cc(C)cc(C(=O)Nc2cnc3c(cnn3C(C)C)c2)c1. The van der Waals surface area contributed by atoms with Crippen molar-refractivity contribution in [2.24, 2.45) is 0 Å². The van der Waals surface area contributed by atoms with Crippen LogP contribution in [0.1, 0.15) is 41.4 Å². The van der Waals surface area contributed by atoms with E-state index in [1.165, 1.54) is 0 Å². The second-order valence-corrected chi connectivity index (χ2v) is 6.15. The summed E-state index contributed by atoms with van der Waals surface area (Å²) in [6.45, 7) is 8.09. The maximum atomic E-state index is 12.4. The Balaban J connectivity index is 1.87. The highest BCUT2D eigenvalue weighted by Gasteiger charge is 2.11. The number of carbonyl (C=O) groups excluding carboxylic acids is 1. The van der Waals surface area contributed by atoms with Gasteiger partial charge in [0.15, 0.2) is 5.65 Å². The Kier molecular flexibility index (Phi) is 3.86. The molecule has 0 saturated carbocycles. The number of anilines is 1. The van der Waals surface area contributed by atoms with E-state index in [2.05, 4.69) is 29.2 Å². The van der Waals surface area contributed by atoms with E-state index >= 15 is 0 Å². The highest BCUT2D eigenvalue weighted by Crippen LogP contribution is 2.20. The van der Waals surface area contributed by atoms with Gasteiger partial charge in [0.1, 0.15) is 0 Å². The molecule has 0 bridgehead atoms. The number of carbonyl (C=O) groups is 1. The number of pyridine rings is 1. The van der Waals surface area contributed by atoms with Crippen LogP contribution >= 0.6 is 0 Å². The predicted octanol–water partition coefficient (Wildman–Crippen LogP) is 3.88. The van der Waals surface area contributed by atoms with E-state index < -0.39 is 0 Å². The summed E-state index contributed by atoms with van der Waals surface area (Å²) >= 11 is 0. The molecule has 118 valence electrons. The lowest BCUT2D eigenvalue weighted by atomic mass is 10.1. The molecule has 0 saturated heterocycles. The monoisotopic (exact) mass is 308 g/mol. The van der Waals surface area contributed by atoms with Crippen molar-refractivity contribution in [1.82, 2.24) is 14.8 Å². The Morgan fingerprint density at radius 1 is 1.09 bits per heavy atom. The largest absolute Gasteiger partial charge is 0.321 e. The van der Waals surface area contributed by atoms with E-state index in [1.54, 1.807) is 12.4 Å². The minimum Gasteiger partial charge on any atom is -0.321 e. The molecule has 0 unspecified atom stereocenters. The topological polar surface area (TPSA) is 59.8 Å². The van der Waals surface area contributed by atoms with Crippen LogP contribution < -0.4 is 5.32 Å². The van der Waals surface area contributed by atoms with Crippen LogP contribution in [0.2, 0.25) is 0 Å². The first-order valence-corrected chi connectivity index (χ1v) is 7.67. The quantitative estimate of drug-likeness (QED) is 0.798. The van der Waals surface area contributed by atoms with Gasteiger partial charge >= 0.3 is 0 Å². The molecule has 0 aliphatic carbocycles. The van der Waals surface area contributed by atoms with Gasteiger partial charge in [-0.15, -0.1) is 0 Å². The average molecular weight is 308 g/mol. The minimum absolute atomic E-state index is 0.130. The number of hydrogen-bond donors (Lipinski definition) is 1. The standard InChI is InChI=1S/C18H20N4O/c1-11(2)22-17-15(9-20-22)8-16(10-19-17)21-18(23)14-6-12(3)5-13(4)7-14/h5-11H,1-4H3,(H,21,23). The molecule has 5 nitrogen and oxygen atoms in total. The lowest BCUT2D eigenvalue weighted by Gasteiger charge is -2.08. The number of aryl methyl sites for hydroxylation is 2. The number of nitrogens with zero attached hydrogens (tertiary/aromatic N) is 3. The van der Waals surface area contributed by atoms with Crippen molar-refractivity contribution in [3.8, 4) is 0 Å². The minimum atomic E-state index is -0.130. The van der Waals surface area contributed by atoms with Crippen LogP contribution in [-0.2, 0) is 0 Å². The molecule has 1 N–H and O–H groups in total. The Hall–Kier alpha value is -2.69. The van der Waals surface area contributed by atoms with E-state index in [1.807, 2.05) is 42.8 Å².